The lowest BCUT2D eigenvalue weighted by Gasteiger charge is -2.43. The van der Waals surface area contributed by atoms with Gasteiger partial charge in [0.2, 0.25) is 5.82 Å². The van der Waals surface area contributed by atoms with E-state index in [1.54, 1.807) is 17.0 Å². The zero-order valence-corrected chi connectivity index (χ0v) is 25.3. The third kappa shape index (κ3) is 6.94. The molecule has 2 aliphatic rings. The van der Waals surface area contributed by atoms with Crippen LogP contribution in [0.3, 0.4) is 0 Å². The van der Waals surface area contributed by atoms with Gasteiger partial charge in [0, 0.05) is 81.9 Å². The van der Waals surface area contributed by atoms with Crippen LogP contribution in [-0.4, -0.2) is 105 Å². The molecule has 3 heterocycles. The van der Waals surface area contributed by atoms with Crippen LogP contribution in [0.2, 0.25) is 0 Å². The molecule has 46 heavy (non-hydrogen) atoms. The predicted octanol–water partition coefficient (Wildman–Crippen LogP) is 4.38. The third-order valence-electron chi connectivity index (χ3n) is 8.76. The van der Waals surface area contributed by atoms with E-state index in [1.165, 1.54) is 6.07 Å². The summed E-state index contributed by atoms with van der Waals surface area (Å²) < 4.78 is 25.6. The Morgan fingerprint density at radius 2 is 1.57 bits per heavy atom. The van der Waals surface area contributed by atoms with Crippen molar-refractivity contribution in [3.8, 4) is 34.0 Å². The molecule has 4 aromatic rings. The normalized spacial score (nSPS) is 17.1. The summed E-state index contributed by atoms with van der Waals surface area (Å²) in [5.41, 5.74) is 2.15. The highest BCUT2D eigenvalue weighted by molar-refractivity contribution is 5.87. The van der Waals surface area contributed by atoms with Crippen molar-refractivity contribution in [2.24, 2.45) is 0 Å². The van der Waals surface area contributed by atoms with Crippen LogP contribution in [0.5, 0.6) is 0 Å². The van der Waals surface area contributed by atoms with Crippen molar-refractivity contribution in [2.45, 2.75) is 25.0 Å². The molecule has 240 valence electrons. The number of aliphatic hydroxyl groups excluding tert-OH is 1. The molecule has 3 aromatic carbocycles. The standard InChI is InChI=1S/C34H36FN5O6/c35-29-22-27(10-11-28(29)25-4-2-1-3-5-25)31-36-30(37-46-31)26-8-6-24(7-9-26)23-39-14-12-34(13-15-39,45-33(43)44)32(42)40-18-16-38(17-19-40)20-21-41/h1-11,22,41H,12-21,23H2,(H,43,44). The Labute approximate surface area is 265 Å². The van der Waals surface area contributed by atoms with Gasteiger partial charge in [-0.2, -0.15) is 4.98 Å². The number of rotatable bonds is 9. The minimum absolute atomic E-state index is 0.0592. The lowest BCUT2D eigenvalue weighted by atomic mass is 9.89. The van der Waals surface area contributed by atoms with E-state index in [2.05, 4.69) is 19.9 Å². The number of hydrogen-bond donors (Lipinski definition) is 2. The van der Waals surface area contributed by atoms with Crippen molar-refractivity contribution in [1.29, 1.82) is 0 Å². The Hall–Kier alpha value is -4.65. The Morgan fingerprint density at radius 1 is 0.870 bits per heavy atom. The maximum atomic E-state index is 14.9. The van der Waals surface area contributed by atoms with Gasteiger partial charge in [-0.05, 0) is 23.3 Å². The Bertz CT molecular complexity index is 1650. The average Bonchev–Trinajstić information content (AvgIpc) is 3.57. The van der Waals surface area contributed by atoms with E-state index in [0.717, 1.165) is 16.7 Å². The molecule has 0 unspecified atom stereocenters. The molecule has 2 saturated heterocycles. The second-order valence-corrected chi connectivity index (χ2v) is 11.7. The van der Waals surface area contributed by atoms with Gasteiger partial charge < -0.3 is 24.4 Å². The maximum Gasteiger partial charge on any atom is 0.506 e. The number of carbonyl (C=O) groups excluding carboxylic acids is 1. The summed E-state index contributed by atoms with van der Waals surface area (Å²) >= 11 is 0. The largest absolute Gasteiger partial charge is 0.506 e. The molecular weight excluding hydrogens is 593 g/mol. The SMILES string of the molecule is O=C(O)OC1(C(=O)N2CCN(CCO)CC2)CCN(Cc2ccc(-c3noc(-c4ccc(-c5ccccc5)c(F)c4)n3)cc2)CC1. The number of likely N-dealkylation sites (tertiary alicyclic amines) is 1. The lowest BCUT2D eigenvalue weighted by Crippen LogP contribution is -2.60. The van der Waals surface area contributed by atoms with Crippen molar-refractivity contribution < 1.29 is 33.5 Å². The van der Waals surface area contributed by atoms with Gasteiger partial charge in [0.15, 0.2) is 5.60 Å². The van der Waals surface area contributed by atoms with Crippen LogP contribution >= 0.6 is 0 Å². The molecule has 12 heteroatoms. The first-order valence-electron chi connectivity index (χ1n) is 15.4. The van der Waals surface area contributed by atoms with Crippen molar-refractivity contribution in [3.05, 3.63) is 84.2 Å². The number of ether oxygens (including phenoxy) is 1. The van der Waals surface area contributed by atoms with Gasteiger partial charge in [0.25, 0.3) is 11.8 Å². The van der Waals surface area contributed by atoms with Crippen molar-refractivity contribution in [3.63, 3.8) is 0 Å². The van der Waals surface area contributed by atoms with Gasteiger partial charge >= 0.3 is 6.16 Å². The number of amides is 1. The summed E-state index contributed by atoms with van der Waals surface area (Å²) in [5, 5.41) is 22.7. The number of nitrogens with zero attached hydrogens (tertiary/aromatic N) is 5. The van der Waals surface area contributed by atoms with Crippen molar-refractivity contribution in [1.82, 2.24) is 24.8 Å². The van der Waals surface area contributed by atoms with Crippen molar-refractivity contribution >= 4 is 12.1 Å². The molecular formula is C34H36FN5O6. The minimum atomic E-state index is -1.45. The quantitative estimate of drug-likeness (QED) is 0.257. The van der Waals surface area contributed by atoms with Gasteiger partial charge in [-0.15, -0.1) is 0 Å². The number of piperidine rings is 1. The number of halogens is 1. The van der Waals surface area contributed by atoms with E-state index in [4.69, 9.17) is 9.26 Å². The van der Waals surface area contributed by atoms with Crippen molar-refractivity contribution in [2.75, 3.05) is 52.4 Å². The number of benzene rings is 3. The average molecular weight is 630 g/mol. The molecule has 0 radical (unpaired) electrons. The molecule has 1 amide bonds. The molecule has 0 saturated carbocycles. The van der Waals surface area contributed by atoms with E-state index < -0.39 is 11.8 Å². The highest BCUT2D eigenvalue weighted by Gasteiger charge is 2.47. The third-order valence-corrected chi connectivity index (χ3v) is 8.76. The van der Waals surface area contributed by atoms with E-state index >= 15 is 0 Å². The molecule has 0 spiro atoms. The molecule has 0 bridgehead atoms. The first-order chi connectivity index (χ1) is 22.3. The highest BCUT2D eigenvalue weighted by atomic mass is 19.1. The van der Waals surface area contributed by atoms with E-state index in [0.29, 0.717) is 69.3 Å². The summed E-state index contributed by atoms with van der Waals surface area (Å²) in [7, 11) is 0. The van der Waals surface area contributed by atoms with Gasteiger partial charge in [0.05, 0.1) is 6.61 Å². The van der Waals surface area contributed by atoms with Gasteiger partial charge in [0.1, 0.15) is 5.82 Å². The molecule has 0 aliphatic carbocycles. The first kappa shape index (κ1) is 31.3. The smallest absolute Gasteiger partial charge is 0.450 e. The molecule has 2 aliphatic heterocycles. The lowest BCUT2D eigenvalue weighted by molar-refractivity contribution is -0.161. The summed E-state index contributed by atoms with van der Waals surface area (Å²) in [6.07, 6.45) is -0.910. The molecule has 11 nitrogen and oxygen atoms in total. The van der Waals surface area contributed by atoms with Crippen LogP contribution in [0, 0.1) is 5.82 Å². The number of β-amino-alcohol motifs (C(OH)–C–C–N with tert-alkyl or cyclic N) is 1. The Morgan fingerprint density at radius 3 is 2.22 bits per heavy atom. The number of carbonyl (C=O) groups is 2. The summed E-state index contributed by atoms with van der Waals surface area (Å²) in [6.45, 7) is 4.42. The monoisotopic (exact) mass is 629 g/mol. The number of piperazine rings is 1. The van der Waals surface area contributed by atoms with Gasteiger partial charge in [-0.1, -0.05) is 65.8 Å². The fourth-order valence-electron chi connectivity index (χ4n) is 6.18. The van der Waals surface area contributed by atoms with Crippen LogP contribution in [-0.2, 0) is 16.1 Å². The topological polar surface area (TPSA) is 132 Å². The molecule has 6 rings (SSSR count). The second kappa shape index (κ2) is 13.8. The van der Waals surface area contributed by atoms with E-state index in [1.807, 2.05) is 54.6 Å². The molecule has 2 fully saturated rings. The number of aliphatic hydroxyl groups is 1. The van der Waals surface area contributed by atoms with E-state index in [-0.39, 0.29) is 37.1 Å². The number of aromatic nitrogens is 2. The zero-order chi connectivity index (χ0) is 32.1. The first-order valence-corrected chi connectivity index (χ1v) is 15.4. The number of carboxylic acid groups (broad SMARTS) is 1. The summed E-state index contributed by atoms with van der Waals surface area (Å²) in [4.78, 5) is 35.5. The molecule has 0 atom stereocenters. The van der Waals surface area contributed by atoms with Crippen LogP contribution in [0.25, 0.3) is 34.0 Å². The fourth-order valence-corrected chi connectivity index (χ4v) is 6.18. The number of hydrogen-bond acceptors (Lipinski definition) is 9. The second-order valence-electron chi connectivity index (χ2n) is 11.7. The summed E-state index contributed by atoms with van der Waals surface area (Å²) in [5.74, 6) is -0.0476. The highest BCUT2D eigenvalue weighted by Crippen LogP contribution is 2.32. The maximum absolute atomic E-state index is 14.9. The van der Waals surface area contributed by atoms with Crippen LogP contribution in [0.15, 0.2) is 77.3 Å². The summed E-state index contributed by atoms with van der Waals surface area (Å²) in [6, 6.07) is 21.9. The van der Waals surface area contributed by atoms with Crippen LogP contribution < -0.4 is 0 Å². The van der Waals surface area contributed by atoms with Crippen LogP contribution in [0.4, 0.5) is 9.18 Å². The minimum Gasteiger partial charge on any atom is -0.450 e. The predicted molar refractivity (Wildman–Crippen MR) is 167 cm³/mol. The fraction of sp³-hybridized carbons (Fsp3) is 0.353. The van der Waals surface area contributed by atoms with Gasteiger partial charge in [-0.25, -0.2) is 9.18 Å². The van der Waals surface area contributed by atoms with Gasteiger partial charge in [-0.3, -0.25) is 14.6 Å². The Kier molecular flexibility index (Phi) is 9.38. The molecule has 2 N–H and O–H groups in total. The van der Waals surface area contributed by atoms with E-state index in [9.17, 15) is 24.2 Å². The van der Waals surface area contributed by atoms with Crippen LogP contribution in [0.1, 0.15) is 18.4 Å². The zero-order valence-electron chi connectivity index (χ0n) is 25.3. The Balaban J connectivity index is 1.06. The molecule has 1 aromatic heterocycles.